The first kappa shape index (κ1) is 38.5. The first-order valence-corrected chi connectivity index (χ1v) is 22.5. The van der Waals surface area contributed by atoms with Gasteiger partial charge in [-0.05, 0) is 127 Å². The van der Waals surface area contributed by atoms with Crippen molar-refractivity contribution < 1.29 is 4.42 Å². The van der Waals surface area contributed by atoms with Gasteiger partial charge in [0.15, 0.2) is 0 Å². The molecule has 1 aromatic heterocycles. The quantitative estimate of drug-likeness (QED) is 0.152. The van der Waals surface area contributed by atoms with E-state index in [4.69, 9.17) is 4.42 Å². The number of para-hydroxylation sites is 1. The van der Waals surface area contributed by atoms with Crippen LogP contribution in [0.2, 0.25) is 0 Å². The fourth-order valence-electron chi connectivity index (χ4n) is 10.1. The average molecular weight is 832 g/mol. The van der Waals surface area contributed by atoms with E-state index in [1.807, 2.05) is 6.07 Å². The molecule has 1 unspecified atom stereocenters. The fraction of sp³-hybridized carbons (Fsp3) is 0.0476. The predicted molar refractivity (Wildman–Crippen MR) is 275 cm³/mol. The van der Waals surface area contributed by atoms with Gasteiger partial charge in [-0.1, -0.05) is 201 Å². The topological polar surface area (TPSA) is 16.4 Å². The molecule has 10 aromatic carbocycles. The minimum Gasteiger partial charge on any atom is -0.456 e. The molecule has 308 valence electrons. The molecular weight excluding hydrogens is 787 g/mol. The lowest BCUT2D eigenvalue weighted by Gasteiger charge is -2.35. The van der Waals surface area contributed by atoms with Crippen molar-refractivity contribution in [2.24, 2.45) is 0 Å². The molecule has 0 saturated heterocycles. The Kier molecular flexibility index (Phi) is 9.39. The highest BCUT2D eigenvalue weighted by molar-refractivity contribution is 6.12. The highest BCUT2D eigenvalue weighted by atomic mass is 16.3. The van der Waals surface area contributed by atoms with E-state index in [0.29, 0.717) is 0 Å². The largest absolute Gasteiger partial charge is 0.456 e. The molecule has 0 fully saturated rings. The van der Waals surface area contributed by atoms with Gasteiger partial charge in [-0.2, -0.15) is 0 Å². The normalized spacial score (nSPS) is 14.7. The predicted octanol–water partition coefficient (Wildman–Crippen LogP) is 17.8. The van der Waals surface area contributed by atoms with Gasteiger partial charge < -0.3 is 9.32 Å². The summed E-state index contributed by atoms with van der Waals surface area (Å²) in [7, 11) is 0. The van der Waals surface area contributed by atoms with Crippen LogP contribution < -0.4 is 4.90 Å². The second kappa shape index (κ2) is 15.9. The number of hydrogen-bond donors (Lipinski definition) is 0. The molecule has 1 aliphatic carbocycles. The first-order valence-electron chi connectivity index (χ1n) is 22.5. The van der Waals surface area contributed by atoms with E-state index in [-0.39, 0.29) is 5.41 Å². The van der Waals surface area contributed by atoms with Gasteiger partial charge in [0.1, 0.15) is 11.2 Å². The van der Waals surface area contributed by atoms with E-state index in [9.17, 15) is 0 Å². The minimum absolute atomic E-state index is 0.227. The van der Waals surface area contributed by atoms with E-state index in [1.54, 1.807) is 0 Å². The van der Waals surface area contributed by atoms with Gasteiger partial charge in [0.25, 0.3) is 0 Å². The number of fused-ring (bicyclic) bond motifs is 5. The number of allylic oxidation sites excluding steroid dienone is 4. The zero-order valence-corrected chi connectivity index (χ0v) is 36.2. The van der Waals surface area contributed by atoms with Crippen LogP contribution in [0.5, 0.6) is 0 Å². The van der Waals surface area contributed by atoms with Crippen LogP contribution in [0.4, 0.5) is 17.1 Å². The highest BCUT2D eigenvalue weighted by Gasteiger charge is 2.30. The van der Waals surface area contributed by atoms with Crippen LogP contribution in [0.3, 0.4) is 0 Å². The van der Waals surface area contributed by atoms with Crippen LogP contribution >= 0.6 is 0 Å². The van der Waals surface area contributed by atoms with Crippen LogP contribution in [-0.4, -0.2) is 0 Å². The monoisotopic (exact) mass is 831 g/mol. The Bertz CT molecular complexity index is 3640. The van der Waals surface area contributed by atoms with Crippen LogP contribution in [0.15, 0.2) is 247 Å². The van der Waals surface area contributed by atoms with E-state index in [1.165, 1.54) is 60.5 Å². The molecular formula is C63H45NO. The van der Waals surface area contributed by atoms with Gasteiger partial charge in [-0.25, -0.2) is 0 Å². The molecule has 0 amide bonds. The molecule has 65 heavy (non-hydrogen) atoms. The second-order valence-electron chi connectivity index (χ2n) is 17.5. The Morgan fingerprint density at radius 2 is 1.05 bits per heavy atom. The van der Waals surface area contributed by atoms with Gasteiger partial charge >= 0.3 is 0 Å². The maximum Gasteiger partial charge on any atom is 0.136 e. The Morgan fingerprint density at radius 1 is 0.415 bits per heavy atom. The minimum atomic E-state index is -0.227. The number of nitrogens with zero attached hydrogens (tertiary/aromatic N) is 1. The third-order valence-corrected chi connectivity index (χ3v) is 13.5. The lowest BCUT2D eigenvalue weighted by Crippen LogP contribution is -2.23. The Labute approximate surface area is 379 Å². The highest BCUT2D eigenvalue weighted by Crippen LogP contribution is 2.47. The number of hydrogen-bond acceptors (Lipinski definition) is 2. The molecule has 0 saturated carbocycles. The molecule has 0 N–H and O–H groups in total. The van der Waals surface area contributed by atoms with Crippen molar-refractivity contribution in [3.05, 3.63) is 248 Å². The molecule has 2 heteroatoms. The second-order valence-corrected chi connectivity index (χ2v) is 17.5. The molecule has 1 atom stereocenters. The molecule has 2 nitrogen and oxygen atoms in total. The Balaban J connectivity index is 1.02. The van der Waals surface area contributed by atoms with Crippen molar-refractivity contribution >= 4 is 60.5 Å². The van der Waals surface area contributed by atoms with Crippen molar-refractivity contribution in [2.75, 3.05) is 4.90 Å². The number of anilines is 3. The lowest BCUT2D eigenvalue weighted by molar-refractivity contribution is 0.600. The summed E-state index contributed by atoms with van der Waals surface area (Å²) in [6.07, 6.45) is 9.93. The van der Waals surface area contributed by atoms with Gasteiger partial charge in [0, 0.05) is 27.6 Å². The summed E-state index contributed by atoms with van der Waals surface area (Å²) in [5.41, 5.74) is 15.6. The van der Waals surface area contributed by atoms with Crippen LogP contribution in [-0.2, 0) is 5.41 Å². The summed E-state index contributed by atoms with van der Waals surface area (Å²) in [6, 6.07) is 79.6. The van der Waals surface area contributed by atoms with Gasteiger partial charge in [-0.15, -0.1) is 0 Å². The molecule has 0 radical (unpaired) electrons. The first-order chi connectivity index (χ1) is 32.1. The number of furan rings is 1. The van der Waals surface area contributed by atoms with E-state index in [0.717, 1.165) is 56.5 Å². The molecule has 12 rings (SSSR count). The zero-order valence-electron chi connectivity index (χ0n) is 36.2. The fourth-order valence-corrected chi connectivity index (χ4v) is 10.1. The SMILES string of the molecule is CC1(c2ccc(-c3ccc4ccccc4c3)cc2N(c2ccc(-c3ccc(-c4cccc5ccccc45)cc3)cc2)c2cccc(-c3cccc4oc5ccccc5c34)c2)C=CC=CC1. The van der Waals surface area contributed by atoms with Crippen LogP contribution in [0.25, 0.3) is 88.0 Å². The Morgan fingerprint density at radius 3 is 1.88 bits per heavy atom. The maximum atomic E-state index is 6.38. The van der Waals surface area contributed by atoms with Crippen molar-refractivity contribution in [1.82, 2.24) is 0 Å². The maximum absolute atomic E-state index is 6.38. The summed E-state index contributed by atoms with van der Waals surface area (Å²) in [6.45, 7) is 2.37. The standard InChI is InChI=1S/C63H45NO/c1-63(38-9-2-10-39-63)58-37-34-50(49-31-28-43-14-3-4-16-48(43)40-49)42-59(58)64(53-19-11-18-51(41-53)56-23-13-25-61-62(56)57-21-7-8-24-60(57)65-61)52-35-32-45(33-36-52)44-26-29-47(30-27-44)55-22-12-17-46-15-5-6-20-54(46)55/h2-38,40-42H,39H2,1H3. The van der Waals surface area contributed by atoms with Gasteiger partial charge in [0.2, 0.25) is 0 Å². The van der Waals surface area contributed by atoms with Gasteiger partial charge in [0.05, 0.1) is 5.69 Å². The van der Waals surface area contributed by atoms with E-state index >= 15 is 0 Å². The van der Waals surface area contributed by atoms with Crippen LogP contribution in [0, 0.1) is 0 Å². The average Bonchev–Trinajstić information content (AvgIpc) is 3.76. The zero-order chi connectivity index (χ0) is 43.3. The number of benzene rings is 10. The molecule has 0 bridgehead atoms. The molecule has 0 spiro atoms. The number of rotatable bonds is 8. The van der Waals surface area contributed by atoms with E-state index in [2.05, 4.69) is 248 Å². The van der Waals surface area contributed by atoms with Crippen LogP contribution in [0.1, 0.15) is 18.9 Å². The summed E-state index contributed by atoms with van der Waals surface area (Å²) in [5, 5.41) is 7.24. The Hall–Kier alpha value is -8.20. The molecule has 1 heterocycles. The third-order valence-electron chi connectivity index (χ3n) is 13.5. The summed E-state index contributed by atoms with van der Waals surface area (Å²) in [5.74, 6) is 0. The van der Waals surface area contributed by atoms with Gasteiger partial charge in [-0.3, -0.25) is 0 Å². The molecule has 11 aromatic rings. The van der Waals surface area contributed by atoms with Crippen molar-refractivity contribution in [2.45, 2.75) is 18.8 Å². The van der Waals surface area contributed by atoms with Crippen molar-refractivity contribution in [3.8, 4) is 44.5 Å². The summed E-state index contributed by atoms with van der Waals surface area (Å²) >= 11 is 0. The third kappa shape index (κ3) is 6.92. The smallest absolute Gasteiger partial charge is 0.136 e. The lowest BCUT2D eigenvalue weighted by atomic mass is 9.75. The molecule has 1 aliphatic rings. The van der Waals surface area contributed by atoms with E-state index < -0.39 is 0 Å². The summed E-state index contributed by atoms with van der Waals surface area (Å²) < 4.78 is 6.38. The molecule has 0 aliphatic heterocycles. The summed E-state index contributed by atoms with van der Waals surface area (Å²) in [4.78, 5) is 2.47. The van der Waals surface area contributed by atoms with Crippen molar-refractivity contribution in [1.29, 1.82) is 0 Å². The van der Waals surface area contributed by atoms with Crippen molar-refractivity contribution in [3.63, 3.8) is 0 Å².